The molecule has 0 saturated heterocycles. The molecule has 0 amide bonds. The van der Waals surface area contributed by atoms with Crippen LogP contribution >= 0.6 is 0 Å². The van der Waals surface area contributed by atoms with E-state index in [1.807, 2.05) is 0 Å². The number of alkyl halides is 4. The Morgan fingerprint density at radius 2 is 2.06 bits per heavy atom. The number of nitro benzene ring substituents is 1. The molecule has 0 fully saturated rings. The first-order chi connectivity index (χ1) is 8.24. The van der Waals surface area contributed by atoms with Gasteiger partial charge in [0.05, 0.1) is 4.92 Å². The van der Waals surface area contributed by atoms with Crippen molar-refractivity contribution < 1.29 is 27.2 Å². The third-order valence-electron chi connectivity index (χ3n) is 1.95. The number of nitrogens with two attached hydrogens (primary N) is 1. The summed E-state index contributed by atoms with van der Waals surface area (Å²) in [7, 11) is 0. The molecule has 0 atom stereocenters. The van der Waals surface area contributed by atoms with Crippen LogP contribution in [0.1, 0.15) is 0 Å². The number of nitro groups is 1. The Hall–Kier alpha value is -2.06. The van der Waals surface area contributed by atoms with Gasteiger partial charge in [0.2, 0.25) is 0 Å². The van der Waals surface area contributed by atoms with Gasteiger partial charge in [-0.15, -0.1) is 0 Å². The van der Waals surface area contributed by atoms with Crippen LogP contribution in [0.5, 0.6) is 5.75 Å². The Morgan fingerprint density at radius 1 is 1.44 bits per heavy atom. The Bertz CT molecular complexity index is 453. The number of benzene rings is 1. The number of hydrogen-bond acceptors (Lipinski definition) is 4. The van der Waals surface area contributed by atoms with E-state index in [0.717, 1.165) is 18.2 Å². The van der Waals surface area contributed by atoms with Gasteiger partial charge in [-0.1, -0.05) is 0 Å². The fourth-order valence-corrected chi connectivity index (χ4v) is 1.03. The van der Waals surface area contributed by atoms with E-state index >= 15 is 0 Å². The fourth-order valence-electron chi connectivity index (χ4n) is 1.03. The molecule has 0 bridgehead atoms. The fraction of sp³-hybridized carbons (Fsp3) is 0.333. The van der Waals surface area contributed by atoms with Crippen LogP contribution in [0.3, 0.4) is 0 Å². The Kier molecular flexibility index (Phi) is 3.94. The van der Waals surface area contributed by atoms with E-state index in [2.05, 4.69) is 4.74 Å². The van der Waals surface area contributed by atoms with E-state index in [4.69, 9.17) is 5.73 Å². The third kappa shape index (κ3) is 3.22. The Morgan fingerprint density at radius 3 is 2.50 bits per heavy atom. The minimum atomic E-state index is -4.30. The van der Waals surface area contributed by atoms with Crippen LogP contribution in [0, 0.1) is 10.1 Å². The molecule has 100 valence electrons. The summed E-state index contributed by atoms with van der Waals surface area (Å²) in [4.78, 5) is 9.63. The van der Waals surface area contributed by atoms with E-state index in [0.29, 0.717) is 0 Å². The van der Waals surface area contributed by atoms with E-state index in [-0.39, 0.29) is 11.4 Å². The number of rotatable bonds is 5. The molecule has 1 aromatic carbocycles. The standard InChI is InChI=1S/C9H8F4N2O3/c10-8(11)9(12,13)4-18-5-1-2-7(15(16)17)6(14)3-5/h1-3,8H,4,14H2. The third-order valence-corrected chi connectivity index (χ3v) is 1.95. The zero-order chi connectivity index (χ0) is 13.9. The van der Waals surface area contributed by atoms with E-state index < -0.39 is 29.6 Å². The number of anilines is 1. The smallest absolute Gasteiger partial charge is 0.340 e. The Balaban J connectivity index is 2.76. The highest BCUT2D eigenvalue weighted by atomic mass is 19.3. The predicted octanol–water partition coefficient (Wildman–Crippen LogP) is 2.46. The lowest BCUT2D eigenvalue weighted by Gasteiger charge is -2.15. The van der Waals surface area contributed by atoms with Crippen LogP contribution in [-0.2, 0) is 0 Å². The number of ether oxygens (including phenoxy) is 1. The first-order valence-electron chi connectivity index (χ1n) is 4.56. The lowest BCUT2D eigenvalue weighted by atomic mass is 10.2. The highest BCUT2D eigenvalue weighted by Crippen LogP contribution is 2.28. The van der Waals surface area contributed by atoms with Crippen molar-refractivity contribution >= 4 is 11.4 Å². The molecule has 5 nitrogen and oxygen atoms in total. The summed E-state index contributed by atoms with van der Waals surface area (Å²) in [6.45, 7) is -1.54. The van der Waals surface area contributed by atoms with E-state index in [1.165, 1.54) is 0 Å². The lowest BCUT2D eigenvalue weighted by molar-refractivity contribution is -0.383. The molecule has 0 aromatic heterocycles. The molecular formula is C9H8F4N2O3. The topological polar surface area (TPSA) is 78.4 Å². The van der Waals surface area contributed by atoms with E-state index in [9.17, 15) is 27.7 Å². The highest BCUT2D eigenvalue weighted by molar-refractivity contribution is 5.60. The Labute approximate surface area is 98.3 Å². The summed E-state index contributed by atoms with van der Waals surface area (Å²) in [6.07, 6.45) is -3.85. The summed E-state index contributed by atoms with van der Waals surface area (Å²) in [5, 5.41) is 10.4. The van der Waals surface area contributed by atoms with Gasteiger partial charge >= 0.3 is 12.3 Å². The molecule has 0 unspecified atom stereocenters. The molecule has 1 aromatic rings. The van der Waals surface area contributed by atoms with Crippen LogP contribution in [0.25, 0.3) is 0 Å². The summed E-state index contributed by atoms with van der Waals surface area (Å²) < 4.78 is 53.1. The van der Waals surface area contributed by atoms with Gasteiger partial charge in [0, 0.05) is 12.1 Å². The first kappa shape index (κ1) is 14.0. The molecule has 0 heterocycles. The van der Waals surface area contributed by atoms with Gasteiger partial charge in [0.15, 0.2) is 6.61 Å². The lowest BCUT2D eigenvalue weighted by Crippen LogP contribution is -2.33. The molecule has 18 heavy (non-hydrogen) atoms. The molecule has 1 rings (SSSR count). The van der Waals surface area contributed by atoms with Gasteiger partial charge in [0.25, 0.3) is 5.69 Å². The van der Waals surface area contributed by atoms with Crippen molar-refractivity contribution in [1.29, 1.82) is 0 Å². The van der Waals surface area contributed by atoms with Gasteiger partial charge < -0.3 is 10.5 Å². The van der Waals surface area contributed by atoms with Crippen molar-refractivity contribution in [1.82, 2.24) is 0 Å². The maximum absolute atomic E-state index is 12.5. The zero-order valence-electron chi connectivity index (χ0n) is 8.78. The predicted molar refractivity (Wildman–Crippen MR) is 54.0 cm³/mol. The van der Waals surface area contributed by atoms with Gasteiger partial charge in [-0.25, -0.2) is 8.78 Å². The maximum atomic E-state index is 12.5. The van der Waals surface area contributed by atoms with Crippen molar-refractivity contribution in [3.8, 4) is 5.75 Å². The van der Waals surface area contributed by atoms with Crippen LogP contribution < -0.4 is 10.5 Å². The maximum Gasteiger partial charge on any atom is 0.340 e. The summed E-state index contributed by atoms with van der Waals surface area (Å²) in [5.74, 6) is -4.55. The van der Waals surface area contributed by atoms with Crippen molar-refractivity contribution in [3.05, 3.63) is 28.3 Å². The zero-order valence-corrected chi connectivity index (χ0v) is 8.78. The highest BCUT2D eigenvalue weighted by Gasteiger charge is 2.41. The van der Waals surface area contributed by atoms with Crippen molar-refractivity contribution in [2.24, 2.45) is 0 Å². The SMILES string of the molecule is Nc1cc(OCC(F)(F)C(F)F)ccc1[N+](=O)[O-]. The molecule has 0 aliphatic rings. The first-order valence-corrected chi connectivity index (χ1v) is 4.56. The normalized spacial score (nSPS) is 11.6. The number of nitrogens with zero attached hydrogens (tertiary/aromatic N) is 1. The average molecular weight is 268 g/mol. The van der Waals surface area contributed by atoms with Crippen LogP contribution in [0.4, 0.5) is 28.9 Å². The summed E-state index contributed by atoms with van der Waals surface area (Å²) >= 11 is 0. The second-order valence-electron chi connectivity index (χ2n) is 3.33. The molecule has 0 spiro atoms. The average Bonchev–Trinajstić information content (AvgIpc) is 2.25. The van der Waals surface area contributed by atoms with Crippen LogP contribution in [0.2, 0.25) is 0 Å². The summed E-state index contributed by atoms with van der Waals surface area (Å²) in [5.41, 5.74) is 4.53. The monoisotopic (exact) mass is 268 g/mol. The summed E-state index contributed by atoms with van der Waals surface area (Å²) in [6, 6.07) is 2.85. The number of hydrogen-bond donors (Lipinski definition) is 1. The van der Waals surface area contributed by atoms with Gasteiger partial charge in [0.1, 0.15) is 11.4 Å². The quantitative estimate of drug-likeness (QED) is 0.385. The molecule has 2 N–H and O–H groups in total. The van der Waals surface area contributed by atoms with Crippen LogP contribution in [-0.4, -0.2) is 23.9 Å². The largest absolute Gasteiger partial charge is 0.487 e. The molecule has 0 saturated carbocycles. The van der Waals surface area contributed by atoms with Gasteiger partial charge in [-0.05, 0) is 6.07 Å². The second kappa shape index (κ2) is 5.07. The van der Waals surface area contributed by atoms with Gasteiger partial charge in [-0.2, -0.15) is 8.78 Å². The van der Waals surface area contributed by atoms with Gasteiger partial charge in [-0.3, -0.25) is 10.1 Å². The number of nitrogen functional groups attached to an aromatic ring is 1. The minimum Gasteiger partial charge on any atom is -0.487 e. The second-order valence-corrected chi connectivity index (χ2v) is 3.33. The van der Waals surface area contributed by atoms with Crippen molar-refractivity contribution in [2.75, 3.05) is 12.3 Å². The van der Waals surface area contributed by atoms with Crippen LogP contribution in [0.15, 0.2) is 18.2 Å². The minimum absolute atomic E-state index is 0.251. The molecule has 9 heteroatoms. The molecular weight excluding hydrogens is 260 g/mol. The molecule has 0 aliphatic carbocycles. The molecule has 0 aliphatic heterocycles. The van der Waals surface area contributed by atoms with Crippen molar-refractivity contribution in [2.45, 2.75) is 12.3 Å². The van der Waals surface area contributed by atoms with E-state index in [1.54, 1.807) is 0 Å². The van der Waals surface area contributed by atoms with Crippen molar-refractivity contribution in [3.63, 3.8) is 0 Å². The number of halogens is 4. The molecule has 0 radical (unpaired) electrons.